The maximum absolute atomic E-state index is 9.08. The van der Waals surface area contributed by atoms with Gasteiger partial charge in [0.2, 0.25) is 0 Å². The van der Waals surface area contributed by atoms with Crippen molar-refractivity contribution in [3.63, 3.8) is 0 Å². The van der Waals surface area contributed by atoms with Gasteiger partial charge in [-0.05, 0) is 53.1 Å². The fourth-order valence-corrected chi connectivity index (χ4v) is 9.42. The quantitative estimate of drug-likeness (QED) is 0.328. The molecule has 0 radical (unpaired) electrons. The second kappa shape index (κ2) is 10.7. The van der Waals surface area contributed by atoms with Crippen molar-refractivity contribution in [2.45, 2.75) is 70.1 Å². The third-order valence-electron chi connectivity index (χ3n) is 6.33. The highest BCUT2D eigenvalue weighted by Crippen LogP contribution is 2.37. The summed E-state index contributed by atoms with van der Waals surface area (Å²) in [5.74, 6) is 0. The summed E-state index contributed by atoms with van der Waals surface area (Å²) in [5, 5.41) is 11.7. The first-order valence-electron chi connectivity index (χ1n) is 11.6. The van der Waals surface area contributed by atoms with Gasteiger partial charge in [-0.15, -0.1) is 0 Å². The summed E-state index contributed by atoms with van der Waals surface area (Å²) in [6.07, 6.45) is 4.84. The molecule has 2 atom stereocenters. The van der Waals surface area contributed by atoms with E-state index in [1.54, 1.807) is 0 Å². The predicted octanol–water partition coefficient (Wildman–Crippen LogP) is 4.83. The minimum atomic E-state index is -2.46. The van der Waals surface area contributed by atoms with Gasteiger partial charge in [0.05, 0.1) is 12.2 Å². The first-order chi connectivity index (χ1) is 14.9. The maximum Gasteiger partial charge on any atom is 0.261 e. The Morgan fingerprint density at radius 1 is 0.968 bits per heavy atom. The predicted molar refractivity (Wildman–Crippen MR) is 132 cm³/mol. The SMILES string of the molecule is C=C1C[C@H](CCCO[Si](c2ccccc2)(c2ccccc2)C(C)(C)C)O[C@H]1CCCO. The molecule has 0 spiro atoms. The highest BCUT2D eigenvalue weighted by atomic mass is 28.4. The lowest BCUT2D eigenvalue weighted by Gasteiger charge is -2.43. The number of aliphatic hydroxyl groups excluding tert-OH is 1. The molecule has 3 nitrogen and oxygen atoms in total. The maximum atomic E-state index is 9.08. The Labute approximate surface area is 189 Å². The lowest BCUT2D eigenvalue weighted by molar-refractivity contribution is 0.0366. The summed E-state index contributed by atoms with van der Waals surface area (Å²) in [6, 6.07) is 21.6. The molecule has 0 saturated carbocycles. The van der Waals surface area contributed by atoms with Gasteiger partial charge in [-0.2, -0.15) is 0 Å². The molecule has 168 valence electrons. The molecule has 2 aromatic rings. The molecule has 2 aromatic carbocycles. The van der Waals surface area contributed by atoms with Gasteiger partial charge in [-0.25, -0.2) is 0 Å². The first kappa shape index (κ1) is 23.9. The molecular weight excluding hydrogens is 400 g/mol. The van der Waals surface area contributed by atoms with Crippen LogP contribution in [-0.4, -0.2) is 38.8 Å². The van der Waals surface area contributed by atoms with Crippen LogP contribution in [0.4, 0.5) is 0 Å². The van der Waals surface area contributed by atoms with Gasteiger partial charge in [0.25, 0.3) is 8.32 Å². The van der Waals surface area contributed by atoms with Crippen molar-refractivity contribution in [1.29, 1.82) is 0 Å². The zero-order valence-electron chi connectivity index (χ0n) is 19.3. The van der Waals surface area contributed by atoms with E-state index in [2.05, 4.69) is 88.0 Å². The molecule has 1 fully saturated rings. The van der Waals surface area contributed by atoms with Crippen LogP contribution in [0, 0.1) is 0 Å². The number of benzene rings is 2. The van der Waals surface area contributed by atoms with Crippen molar-refractivity contribution >= 4 is 18.7 Å². The highest BCUT2D eigenvalue weighted by molar-refractivity contribution is 6.99. The molecule has 3 rings (SSSR count). The first-order valence-corrected chi connectivity index (χ1v) is 13.5. The Hall–Kier alpha value is -1.72. The van der Waals surface area contributed by atoms with Crippen LogP contribution >= 0.6 is 0 Å². The van der Waals surface area contributed by atoms with E-state index in [0.717, 1.165) is 38.7 Å². The number of rotatable bonds is 10. The van der Waals surface area contributed by atoms with Crippen molar-refractivity contribution in [1.82, 2.24) is 0 Å². The Morgan fingerprint density at radius 3 is 2.06 bits per heavy atom. The van der Waals surface area contributed by atoms with Crippen LogP contribution in [-0.2, 0) is 9.16 Å². The molecule has 4 heteroatoms. The Morgan fingerprint density at radius 2 is 1.55 bits per heavy atom. The minimum Gasteiger partial charge on any atom is -0.407 e. The van der Waals surface area contributed by atoms with Crippen LogP contribution in [0.2, 0.25) is 5.04 Å². The lowest BCUT2D eigenvalue weighted by atomic mass is 10.0. The second-order valence-corrected chi connectivity index (χ2v) is 13.9. The van der Waals surface area contributed by atoms with Gasteiger partial charge >= 0.3 is 0 Å². The summed E-state index contributed by atoms with van der Waals surface area (Å²) in [5.41, 5.74) is 1.17. The Balaban J connectivity index is 1.71. The van der Waals surface area contributed by atoms with E-state index < -0.39 is 8.32 Å². The lowest BCUT2D eigenvalue weighted by Crippen LogP contribution is -2.66. The van der Waals surface area contributed by atoms with Crippen molar-refractivity contribution in [3.05, 3.63) is 72.8 Å². The number of hydrogen-bond donors (Lipinski definition) is 1. The van der Waals surface area contributed by atoms with Crippen LogP contribution in [0.25, 0.3) is 0 Å². The Kier molecular flexibility index (Phi) is 8.28. The summed E-state index contributed by atoms with van der Waals surface area (Å²) in [4.78, 5) is 0. The molecule has 1 heterocycles. The van der Waals surface area contributed by atoms with Gasteiger partial charge < -0.3 is 14.3 Å². The molecule has 0 aromatic heterocycles. The topological polar surface area (TPSA) is 38.7 Å². The highest BCUT2D eigenvalue weighted by Gasteiger charge is 2.50. The average Bonchev–Trinajstić information content (AvgIpc) is 3.12. The third-order valence-corrected chi connectivity index (χ3v) is 11.4. The van der Waals surface area contributed by atoms with E-state index in [1.807, 2.05) is 0 Å². The zero-order valence-corrected chi connectivity index (χ0v) is 20.3. The molecule has 0 aliphatic carbocycles. The molecule has 1 aliphatic heterocycles. The van der Waals surface area contributed by atoms with E-state index in [-0.39, 0.29) is 23.9 Å². The summed E-state index contributed by atoms with van der Waals surface area (Å²) >= 11 is 0. The molecule has 0 amide bonds. The number of hydrogen-bond acceptors (Lipinski definition) is 3. The molecule has 1 saturated heterocycles. The molecule has 31 heavy (non-hydrogen) atoms. The number of aliphatic hydroxyl groups is 1. The van der Waals surface area contributed by atoms with Gasteiger partial charge in [0, 0.05) is 13.2 Å². The van der Waals surface area contributed by atoms with E-state index in [9.17, 15) is 0 Å². The number of ether oxygens (including phenoxy) is 1. The summed E-state index contributed by atoms with van der Waals surface area (Å²) < 4.78 is 13.2. The Bertz CT molecular complexity index is 774. The van der Waals surface area contributed by atoms with E-state index >= 15 is 0 Å². The molecule has 0 bridgehead atoms. The molecule has 1 N–H and O–H groups in total. The van der Waals surface area contributed by atoms with E-state index in [0.29, 0.717) is 0 Å². The smallest absolute Gasteiger partial charge is 0.261 e. The van der Waals surface area contributed by atoms with Crippen LogP contribution in [0.5, 0.6) is 0 Å². The van der Waals surface area contributed by atoms with Crippen molar-refractivity contribution in [3.8, 4) is 0 Å². The molecule has 0 unspecified atom stereocenters. The van der Waals surface area contributed by atoms with Crippen LogP contribution in [0.15, 0.2) is 72.8 Å². The van der Waals surface area contributed by atoms with Crippen LogP contribution in [0.3, 0.4) is 0 Å². The normalized spacial score (nSPS) is 19.7. The summed E-state index contributed by atoms with van der Waals surface area (Å²) in [6.45, 7) is 12.1. The largest absolute Gasteiger partial charge is 0.407 e. The van der Waals surface area contributed by atoms with Crippen molar-refractivity contribution in [2.75, 3.05) is 13.2 Å². The van der Waals surface area contributed by atoms with E-state index in [4.69, 9.17) is 14.3 Å². The van der Waals surface area contributed by atoms with Gasteiger partial charge in [0.15, 0.2) is 0 Å². The van der Waals surface area contributed by atoms with E-state index in [1.165, 1.54) is 15.9 Å². The minimum absolute atomic E-state index is 0.00322. The fourth-order valence-electron chi connectivity index (χ4n) is 4.82. The summed E-state index contributed by atoms with van der Waals surface area (Å²) in [7, 11) is -2.46. The fraction of sp³-hybridized carbons (Fsp3) is 0.481. The standard InChI is InChI=1S/C27H38O3Si/c1-22-21-23(30-26(22)18-11-19-28)13-12-20-29-31(27(2,3)4,24-14-7-5-8-15-24)25-16-9-6-10-17-25/h5-10,14-17,23,26,28H,1,11-13,18-21H2,2-4H3/t23-,26-/m0/s1. The monoisotopic (exact) mass is 438 g/mol. The second-order valence-electron chi connectivity index (χ2n) is 9.63. The molecule has 1 aliphatic rings. The van der Waals surface area contributed by atoms with Gasteiger partial charge in [0.1, 0.15) is 0 Å². The van der Waals surface area contributed by atoms with Gasteiger partial charge in [-0.3, -0.25) is 0 Å². The third kappa shape index (κ3) is 5.56. The average molecular weight is 439 g/mol. The van der Waals surface area contributed by atoms with Crippen LogP contribution in [0.1, 0.15) is 52.9 Å². The van der Waals surface area contributed by atoms with Crippen molar-refractivity contribution < 1.29 is 14.3 Å². The van der Waals surface area contributed by atoms with Crippen LogP contribution < -0.4 is 10.4 Å². The van der Waals surface area contributed by atoms with Crippen molar-refractivity contribution in [2.24, 2.45) is 0 Å². The molecular formula is C27H38O3Si. The zero-order chi connectivity index (χ0) is 22.3. The van der Waals surface area contributed by atoms with Gasteiger partial charge in [-0.1, -0.05) is 88.0 Å².